The zero-order chi connectivity index (χ0) is 55.5. The van der Waals surface area contributed by atoms with Gasteiger partial charge in [-0.15, -0.1) is 0 Å². The van der Waals surface area contributed by atoms with E-state index >= 15 is 0 Å². The van der Waals surface area contributed by atoms with Crippen molar-refractivity contribution in [2.75, 3.05) is 47.5 Å². The highest BCUT2D eigenvalue weighted by Crippen LogP contribution is 2.13. The number of rotatable bonds is 52. The molecule has 0 aromatic heterocycles. The van der Waals surface area contributed by atoms with Gasteiger partial charge in [0.1, 0.15) is 13.2 Å². The van der Waals surface area contributed by atoms with Gasteiger partial charge in [-0.3, -0.25) is 9.59 Å². The molecular weight excluding hydrogens is 947 g/mol. The number of carbonyl (C=O) groups is 3. The van der Waals surface area contributed by atoms with Crippen molar-refractivity contribution in [3.63, 3.8) is 0 Å². The standard InChI is InChI=1S/C67H107NO8/c1-6-8-10-12-14-16-18-19-20-21-22-23-24-25-26-27-28-29-30-31-32-33-34-35-36-37-38-39-40-41-42-43-44-45-46-47-48-50-52-54-56-58-65(70)76-63(62-75-67(66(71)72)73-60-59-68(3,4)5)61-74-64(69)57-55-53-51-49-17-15-13-11-9-7-2/h8,10,14,16,19-20,22-23,25-26,28-29,31-32,34-35,37-38,40-41,43-44,46-47,63,67H,6-7,9,11-13,15,17-18,21,24,27,30,33,36,39,42,45,48-62H2,1-5H3/p+1/b10-8-,16-14-,20-19-,23-22-,26-25-,29-28-,32-31-,35-34-,38-37-,41-40-,44-43-,47-46-. The number of hydrogen-bond donors (Lipinski definition) is 1. The van der Waals surface area contributed by atoms with Crippen LogP contribution in [-0.2, 0) is 33.3 Å². The number of esters is 2. The van der Waals surface area contributed by atoms with Gasteiger partial charge in [-0.2, -0.15) is 0 Å². The summed E-state index contributed by atoms with van der Waals surface area (Å²) >= 11 is 0. The zero-order valence-electron chi connectivity index (χ0n) is 48.6. The van der Waals surface area contributed by atoms with Crippen LogP contribution in [0.4, 0.5) is 0 Å². The second-order valence-electron chi connectivity index (χ2n) is 20.2. The van der Waals surface area contributed by atoms with Gasteiger partial charge in [-0.25, -0.2) is 4.79 Å². The van der Waals surface area contributed by atoms with Crippen molar-refractivity contribution in [1.29, 1.82) is 0 Å². The summed E-state index contributed by atoms with van der Waals surface area (Å²) < 4.78 is 22.7. The summed E-state index contributed by atoms with van der Waals surface area (Å²) in [5, 5.41) is 9.66. The molecule has 0 aliphatic heterocycles. The van der Waals surface area contributed by atoms with E-state index in [0.717, 1.165) is 122 Å². The average molecular weight is 1060 g/mol. The van der Waals surface area contributed by atoms with Crippen LogP contribution < -0.4 is 0 Å². The van der Waals surface area contributed by atoms with Crippen molar-refractivity contribution in [3.8, 4) is 0 Å². The summed E-state index contributed by atoms with van der Waals surface area (Å²) in [6, 6.07) is 0. The molecule has 9 heteroatoms. The number of likely N-dealkylation sites (N-methyl/N-ethyl adjacent to an activating group) is 1. The van der Waals surface area contributed by atoms with Gasteiger partial charge in [0.05, 0.1) is 34.4 Å². The zero-order valence-corrected chi connectivity index (χ0v) is 48.6. The fraction of sp³-hybridized carbons (Fsp3) is 0.597. The topological polar surface area (TPSA) is 108 Å². The minimum absolute atomic E-state index is 0.176. The predicted molar refractivity (Wildman–Crippen MR) is 322 cm³/mol. The van der Waals surface area contributed by atoms with Crippen LogP contribution >= 0.6 is 0 Å². The number of allylic oxidation sites excluding steroid dienone is 24. The molecule has 2 atom stereocenters. The number of carbonyl (C=O) groups excluding carboxylic acids is 2. The second-order valence-corrected chi connectivity index (χ2v) is 20.2. The lowest BCUT2D eigenvalue weighted by atomic mass is 10.1. The van der Waals surface area contributed by atoms with E-state index in [2.05, 4.69) is 160 Å². The maximum absolute atomic E-state index is 12.8. The first-order valence-corrected chi connectivity index (χ1v) is 29.5. The molecule has 0 aliphatic rings. The van der Waals surface area contributed by atoms with Crippen LogP contribution in [0.25, 0.3) is 0 Å². The number of unbranched alkanes of at least 4 members (excludes halogenated alkanes) is 13. The van der Waals surface area contributed by atoms with E-state index in [1.54, 1.807) is 0 Å². The summed E-state index contributed by atoms with van der Waals surface area (Å²) in [6.45, 7) is 4.68. The first-order valence-electron chi connectivity index (χ1n) is 29.5. The Balaban J connectivity index is 4.20. The molecule has 0 fully saturated rings. The molecule has 0 amide bonds. The van der Waals surface area contributed by atoms with E-state index in [0.29, 0.717) is 23.9 Å². The monoisotopic (exact) mass is 1050 g/mol. The molecule has 0 aliphatic carbocycles. The molecule has 0 spiro atoms. The number of hydrogen-bond acceptors (Lipinski definition) is 7. The largest absolute Gasteiger partial charge is 0.477 e. The van der Waals surface area contributed by atoms with Crippen LogP contribution in [0.5, 0.6) is 0 Å². The summed E-state index contributed by atoms with van der Waals surface area (Å²) in [5.41, 5.74) is 0. The fourth-order valence-electron chi connectivity index (χ4n) is 7.35. The van der Waals surface area contributed by atoms with E-state index in [9.17, 15) is 19.5 Å². The summed E-state index contributed by atoms with van der Waals surface area (Å²) in [5.74, 6) is -2.06. The van der Waals surface area contributed by atoms with Crippen LogP contribution in [0.2, 0.25) is 0 Å². The Hall–Kier alpha value is -4.83. The number of quaternary nitrogens is 1. The van der Waals surface area contributed by atoms with E-state index in [1.165, 1.54) is 44.9 Å². The lowest BCUT2D eigenvalue weighted by molar-refractivity contribution is -0.870. The maximum Gasteiger partial charge on any atom is 0.361 e. The third kappa shape index (κ3) is 56.9. The molecule has 2 unspecified atom stereocenters. The predicted octanol–water partition coefficient (Wildman–Crippen LogP) is 17.6. The average Bonchev–Trinajstić information content (AvgIpc) is 3.39. The number of ether oxygens (including phenoxy) is 4. The smallest absolute Gasteiger partial charge is 0.361 e. The lowest BCUT2D eigenvalue weighted by Gasteiger charge is -2.25. The van der Waals surface area contributed by atoms with Gasteiger partial charge >= 0.3 is 17.9 Å². The molecule has 0 rings (SSSR count). The van der Waals surface area contributed by atoms with Gasteiger partial charge in [0.15, 0.2) is 6.10 Å². The highest BCUT2D eigenvalue weighted by molar-refractivity contribution is 5.71. The molecule has 0 bridgehead atoms. The van der Waals surface area contributed by atoms with Crippen LogP contribution in [-0.4, -0.2) is 87.4 Å². The van der Waals surface area contributed by atoms with Crippen molar-refractivity contribution in [3.05, 3.63) is 146 Å². The quantitative estimate of drug-likeness (QED) is 0.0211. The van der Waals surface area contributed by atoms with Crippen LogP contribution in [0.3, 0.4) is 0 Å². The third-order valence-corrected chi connectivity index (χ3v) is 11.9. The first-order chi connectivity index (χ1) is 37.1. The molecular formula is C67H108NO8+. The lowest BCUT2D eigenvalue weighted by Crippen LogP contribution is -2.40. The third-order valence-electron chi connectivity index (χ3n) is 11.9. The molecule has 76 heavy (non-hydrogen) atoms. The Kier molecular flexibility index (Phi) is 52.8. The highest BCUT2D eigenvalue weighted by atomic mass is 16.7. The normalized spacial score (nSPS) is 13.9. The number of carboxylic acid groups (broad SMARTS) is 1. The van der Waals surface area contributed by atoms with E-state index < -0.39 is 24.3 Å². The van der Waals surface area contributed by atoms with E-state index in [1.807, 2.05) is 21.1 Å². The second kappa shape index (κ2) is 56.4. The van der Waals surface area contributed by atoms with Gasteiger partial charge in [-0.1, -0.05) is 230 Å². The maximum atomic E-state index is 12.8. The molecule has 9 nitrogen and oxygen atoms in total. The Labute approximate surface area is 464 Å². The van der Waals surface area contributed by atoms with Crippen LogP contribution in [0.15, 0.2) is 146 Å². The molecule has 1 N–H and O–H groups in total. The van der Waals surface area contributed by atoms with E-state index in [4.69, 9.17) is 18.9 Å². The van der Waals surface area contributed by atoms with Gasteiger partial charge in [0.25, 0.3) is 6.29 Å². The Morgan fingerprint density at radius 3 is 1.12 bits per heavy atom. The Morgan fingerprint density at radius 1 is 0.408 bits per heavy atom. The molecule has 428 valence electrons. The molecule has 0 heterocycles. The summed E-state index contributed by atoms with van der Waals surface area (Å²) in [4.78, 5) is 37.2. The van der Waals surface area contributed by atoms with E-state index in [-0.39, 0.29) is 32.2 Å². The number of nitrogens with zero attached hydrogens (tertiary/aromatic N) is 1. The van der Waals surface area contributed by atoms with Gasteiger partial charge in [-0.05, 0) is 103 Å². The van der Waals surface area contributed by atoms with Crippen molar-refractivity contribution >= 4 is 17.9 Å². The summed E-state index contributed by atoms with van der Waals surface area (Å²) in [6.07, 6.45) is 79.5. The Bertz CT molecular complexity index is 1750. The molecule has 0 aromatic rings. The minimum atomic E-state index is -1.52. The number of aliphatic carboxylic acids is 1. The van der Waals surface area contributed by atoms with Crippen molar-refractivity contribution in [2.45, 2.75) is 212 Å². The minimum Gasteiger partial charge on any atom is -0.477 e. The first kappa shape index (κ1) is 71.2. The SMILES string of the molecule is CC/C=C\C/C=C\C/C=C\C/C=C\C/C=C\C/C=C\C/C=C\C/C=C\C/C=C\C/C=C\C/C=C\C/C=C\CCCCCCC(=O)OC(COC(=O)CCCCCCCCCCCC)COC(OCC[N+](C)(C)C)C(=O)O. The van der Waals surface area contributed by atoms with Crippen LogP contribution in [0, 0.1) is 0 Å². The molecule has 0 saturated heterocycles. The van der Waals surface area contributed by atoms with Crippen molar-refractivity contribution < 1.29 is 42.9 Å². The van der Waals surface area contributed by atoms with Crippen molar-refractivity contribution in [2.24, 2.45) is 0 Å². The molecule has 0 saturated carbocycles. The highest BCUT2D eigenvalue weighted by Gasteiger charge is 2.25. The molecule has 0 aromatic carbocycles. The van der Waals surface area contributed by atoms with Gasteiger partial charge in [0.2, 0.25) is 0 Å². The Morgan fingerprint density at radius 2 is 0.750 bits per heavy atom. The van der Waals surface area contributed by atoms with Crippen LogP contribution in [0.1, 0.15) is 200 Å². The summed E-state index contributed by atoms with van der Waals surface area (Å²) in [7, 11) is 5.94. The number of carboxylic acids is 1. The molecule has 0 radical (unpaired) electrons. The van der Waals surface area contributed by atoms with Gasteiger partial charge < -0.3 is 28.5 Å². The fourth-order valence-corrected chi connectivity index (χ4v) is 7.35. The van der Waals surface area contributed by atoms with Gasteiger partial charge in [0, 0.05) is 12.8 Å². The van der Waals surface area contributed by atoms with Crippen molar-refractivity contribution in [1.82, 2.24) is 0 Å².